The van der Waals surface area contributed by atoms with Gasteiger partial charge in [-0.3, -0.25) is 4.79 Å². The molecule has 5 N–H and O–H groups in total. The summed E-state index contributed by atoms with van der Waals surface area (Å²) in [4.78, 5) is 12.1. The molecule has 0 spiro atoms. The lowest BCUT2D eigenvalue weighted by molar-refractivity contribution is -0.253. The molecule has 1 aliphatic rings. The van der Waals surface area contributed by atoms with Gasteiger partial charge in [0.05, 0.1) is 12.2 Å². The molecule has 8 nitrogen and oxygen atoms in total. The van der Waals surface area contributed by atoms with E-state index >= 15 is 0 Å². The second-order valence-electron chi connectivity index (χ2n) is 7.61. The molecule has 25 heavy (non-hydrogen) atoms. The minimum absolute atomic E-state index is 0.143. The van der Waals surface area contributed by atoms with Crippen molar-refractivity contribution in [2.45, 2.75) is 83.2 Å². The molecule has 1 saturated heterocycles. The van der Waals surface area contributed by atoms with Crippen molar-refractivity contribution < 1.29 is 34.7 Å². The van der Waals surface area contributed by atoms with E-state index in [9.17, 15) is 20.1 Å². The van der Waals surface area contributed by atoms with E-state index in [0.717, 1.165) is 6.42 Å². The summed E-state index contributed by atoms with van der Waals surface area (Å²) in [5.74, 6) is 0.157. The Morgan fingerprint density at radius 3 is 2.44 bits per heavy atom. The smallest absolute Gasteiger partial charge is 0.220 e. The van der Waals surface area contributed by atoms with Crippen molar-refractivity contribution in [3.8, 4) is 0 Å². The Bertz CT molecular complexity index is 416. The predicted octanol–water partition coefficient (Wildman–Crippen LogP) is -0.476. The van der Waals surface area contributed by atoms with Crippen LogP contribution in [0.2, 0.25) is 0 Å². The first-order chi connectivity index (χ1) is 11.6. The van der Waals surface area contributed by atoms with Crippen molar-refractivity contribution in [2.75, 3.05) is 13.2 Å². The van der Waals surface area contributed by atoms with Crippen LogP contribution in [0, 0.1) is 5.92 Å². The number of aliphatic hydroxyl groups excluding tert-OH is 4. The van der Waals surface area contributed by atoms with Gasteiger partial charge in [-0.1, -0.05) is 13.8 Å². The Morgan fingerprint density at radius 2 is 1.88 bits per heavy atom. The minimum Gasteiger partial charge on any atom is -0.394 e. The number of rotatable bonds is 9. The zero-order valence-corrected chi connectivity index (χ0v) is 15.5. The summed E-state index contributed by atoms with van der Waals surface area (Å²) < 4.78 is 10.8. The largest absolute Gasteiger partial charge is 0.394 e. The van der Waals surface area contributed by atoms with Gasteiger partial charge in [-0.05, 0) is 32.6 Å². The van der Waals surface area contributed by atoms with Crippen molar-refractivity contribution in [3.05, 3.63) is 0 Å². The molecule has 5 atom stereocenters. The number of ether oxygens (including phenoxy) is 2. The van der Waals surface area contributed by atoms with Crippen LogP contribution >= 0.6 is 0 Å². The number of carbonyl (C=O) groups is 1. The van der Waals surface area contributed by atoms with Gasteiger partial charge in [0.1, 0.15) is 24.4 Å². The van der Waals surface area contributed by atoms with Crippen molar-refractivity contribution in [3.63, 3.8) is 0 Å². The van der Waals surface area contributed by atoms with Crippen LogP contribution in [-0.4, -0.2) is 75.8 Å². The number of aliphatic hydroxyl groups is 4. The average Bonchev–Trinajstić information content (AvgIpc) is 2.52. The molecule has 0 aromatic carbocycles. The first-order valence-corrected chi connectivity index (χ1v) is 8.81. The van der Waals surface area contributed by atoms with Gasteiger partial charge in [0.25, 0.3) is 0 Å². The third-order valence-corrected chi connectivity index (χ3v) is 4.37. The highest BCUT2D eigenvalue weighted by Crippen LogP contribution is 2.21. The summed E-state index contributed by atoms with van der Waals surface area (Å²) in [6, 6.07) is -1.16. The number of amides is 1. The normalized spacial score (nSPS) is 30.5. The van der Waals surface area contributed by atoms with Gasteiger partial charge in [-0.2, -0.15) is 0 Å². The predicted molar refractivity (Wildman–Crippen MR) is 90.6 cm³/mol. The fourth-order valence-electron chi connectivity index (χ4n) is 2.57. The summed E-state index contributed by atoms with van der Waals surface area (Å²) in [5, 5.41) is 41.2. The van der Waals surface area contributed by atoms with E-state index in [-0.39, 0.29) is 12.3 Å². The van der Waals surface area contributed by atoms with Gasteiger partial charge in [-0.15, -0.1) is 0 Å². The zero-order valence-electron chi connectivity index (χ0n) is 15.5. The van der Waals surface area contributed by atoms with Crippen molar-refractivity contribution in [1.82, 2.24) is 5.32 Å². The summed E-state index contributed by atoms with van der Waals surface area (Å²) in [6.07, 6.45) is -3.86. The summed E-state index contributed by atoms with van der Waals surface area (Å²) >= 11 is 0. The molecular formula is C17H33NO7. The van der Waals surface area contributed by atoms with E-state index in [4.69, 9.17) is 14.6 Å². The lowest BCUT2D eigenvalue weighted by Gasteiger charge is -2.40. The van der Waals surface area contributed by atoms with Gasteiger partial charge in [0.15, 0.2) is 6.29 Å². The molecule has 1 heterocycles. The maximum absolute atomic E-state index is 12.1. The lowest BCUT2D eigenvalue weighted by Crippen LogP contribution is -2.64. The average molecular weight is 363 g/mol. The Morgan fingerprint density at radius 1 is 1.24 bits per heavy atom. The number of hydrogen-bond acceptors (Lipinski definition) is 7. The van der Waals surface area contributed by atoms with Crippen LogP contribution in [-0.2, 0) is 14.3 Å². The molecule has 0 aliphatic carbocycles. The van der Waals surface area contributed by atoms with Crippen LogP contribution in [0.25, 0.3) is 0 Å². The second kappa shape index (κ2) is 9.80. The summed E-state index contributed by atoms with van der Waals surface area (Å²) in [5.41, 5.74) is -0.464. The van der Waals surface area contributed by atoms with Crippen LogP contribution in [0.3, 0.4) is 0 Å². The topological polar surface area (TPSA) is 128 Å². The highest BCUT2D eigenvalue weighted by atomic mass is 16.6. The van der Waals surface area contributed by atoms with Gasteiger partial charge in [0.2, 0.25) is 5.91 Å². The first kappa shape index (κ1) is 22.3. The van der Waals surface area contributed by atoms with E-state index in [1.165, 1.54) is 0 Å². The zero-order chi connectivity index (χ0) is 19.2. The Hall–Kier alpha value is -0.770. The van der Waals surface area contributed by atoms with Crippen molar-refractivity contribution >= 4 is 5.91 Å². The third-order valence-electron chi connectivity index (χ3n) is 4.37. The van der Waals surface area contributed by atoms with Crippen LogP contribution in [0.1, 0.15) is 47.0 Å². The van der Waals surface area contributed by atoms with E-state index in [1.807, 2.05) is 13.8 Å². The van der Waals surface area contributed by atoms with Gasteiger partial charge < -0.3 is 35.2 Å². The standard InChI is InChI=1S/C17H33NO7/c1-10(2)6-8-24-17(3,4)7-5-12(20)18-13-15(22)14(21)11(9-19)25-16(13)23/h10-11,13-16,19,21-23H,5-9H2,1-4H3,(H,18,20). The third kappa shape index (κ3) is 7.16. The molecule has 0 aromatic heterocycles. The molecular weight excluding hydrogens is 330 g/mol. The molecule has 0 aromatic rings. The summed E-state index contributed by atoms with van der Waals surface area (Å²) in [6.45, 7) is 8.12. The van der Waals surface area contributed by atoms with Crippen LogP contribution < -0.4 is 5.32 Å². The van der Waals surface area contributed by atoms with Crippen molar-refractivity contribution in [1.29, 1.82) is 0 Å². The van der Waals surface area contributed by atoms with Crippen LogP contribution in [0.15, 0.2) is 0 Å². The molecule has 1 rings (SSSR count). The molecule has 0 radical (unpaired) electrons. The van der Waals surface area contributed by atoms with E-state index in [0.29, 0.717) is 18.9 Å². The SMILES string of the molecule is CC(C)CCOC(C)(C)CCC(=O)NC1C(O)OC(CO)C(O)C1O. The molecule has 1 amide bonds. The monoisotopic (exact) mass is 363 g/mol. The van der Waals surface area contributed by atoms with Gasteiger partial charge >= 0.3 is 0 Å². The summed E-state index contributed by atoms with van der Waals surface area (Å²) in [7, 11) is 0. The number of hydrogen-bond donors (Lipinski definition) is 5. The number of carbonyl (C=O) groups excluding carboxylic acids is 1. The lowest BCUT2D eigenvalue weighted by atomic mass is 9.96. The Kier molecular flexibility index (Phi) is 8.73. The molecule has 1 aliphatic heterocycles. The fourth-order valence-corrected chi connectivity index (χ4v) is 2.57. The molecule has 0 saturated carbocycles. The van der Waals surface area contributed by atoms with Gasteiger partial charge in [0, 0.05) is 13.0 Å². The molecule has 1 fully saturated rings. The van der Waals surface area contributed by atoms with E-state index < -0.39 is 42.9 Å². The van der Waals surface area contributed by atoms with Crippen LogP contribution in [0.4, 0.5) is 0 Å². The molecule has 8 heteroatoms. The number of nitrogens with one attached hydrogen (secondary N) is 1. The quantitative estimate of drug-likeness (QED) is 0.374. The maximum Gasteiger partial charge on any atom is 0.220 e. The Labute approximate surface area is 149 Å². The van der Waals surface area contributed by atoms with Crippen LogP contribution in [0.5, 0.6) is 0 Å². The minimum atomic E-state index is -1.50. The molecule has 0 bridgehead atoms. The van der Waals surface area contributed by atoms with E-state index in [2.05, 4.69) is 19.2 Å². The maximum atomic E-state index is 12.1. The van der Waals surface area contributed by atoms with Crippen molar-refractivity contribution in [2.24, 2.45) is 5.92 Å². The molecule has 148 valence electrons. The Balaban J connectivity index is 2.45. The van der Waals surface area contributed by atoms with E-state index in [1.54, 1.807) is 0 Å². The first-order valence-electron chi connectivity index (χ1n) is 8.81. The highest BCUT2D eigenvalue weighted by Gasteiger charge is 2.44. The highest BCUT2D eigenvalue weighted by molar-refractivity contribution is 5.76. The fraction of sp³-hybridized carbons (Fsp3) is 0.941. The van der Waals surface area contributed by atoms with Gasteiger partial charge in [-0.25, -0.2) is 0 Å². The molecule has 5 unspecified atom stereocenters. The second-order valence-corrected chi connectivity index (χ2v) is 7.61.